The number of carbonyl (C=O) groups excluding carboxylic acids is 1. The van der Waals surface area contributed by atoms with Crippen LogP contribution in [-0.2, 0) is 6.42 Å². The summed E-state index contributed by atoms with van der Waals surface area (Å²) in [6.07, 6.45) is 5.36. The summed E-state index contributed by atoms with van der Waals surface area (Å²) in [6.45, 7) is 5.46. The maximum Gasteiger partial charge on any atom is 0.174 e. The first kappa shape index (κ1) is 13.8. The Morgan fingerprint density at radius 3 is 2.94 bits per heavy atom. The normalized spacial score (nSPS) is 24.1. The molecule has 2 nitrogen and oxygen atoms in total. The zero-order chi connectivity index (χ0) is 13.0. The molecule has 0 radical (unpaired) electrons. The van der Waals surface area contributed by atoms with Crippen LogP contribution in [0.5, 0.6) is 0 Å². The number of piperidine rings is 1. The molecule has 18 heavy (non-hydrogen) atoms. The quantitative estimate of drug-likeness (QED) is 0.823. The van der Waals surface area contributed by atoms with E-state index in [1.54, 1.807) is 11.3 Å². The van der Waals surface area contributed by atoms with Crippen molar-refractivity contribution >= 4 is 17.1 Å². The highest BCUT2D eigenvalue weighted by atomic mass is 32.1. The fraction of sp³-hybridized carbons (Fsp3) is 0.667. The number of thiophene rings is 1. The van der Waals surface area contributed by atoms with Gasteiger partial charge < -0.3 is 5.32 Å². The van der Waals surface area contributed by atoms with Gasteiger partial charge in [-0.3, -0.25) is 4.79 Å². The molecule has 1 fully saturated rings. The first-order chi connectivity index (χ1) is 8.72. The third kappa shape index (κ3) is 3.42. The predicted molar refractivity (Wildman–Crippen MR) is 77.5 cm³/mol. The molecule has 0 aromatic carbocycles. The predicted octanol–water partition coefficient (Wildman–Crippen LogP) is 3.66. The van der Waals surface area contributed by atoms with Crippen molar-refractivity contribution in [2.75, 3.05) is 6.54 Å². The van der Waals surface area contributed by atoms with Crippen LogP contribution in [0.3, 0.4) is 0 Å². The van der Waals surface area contributed by atoms with Crippen LogP contribution in [0.4, 0.5) is 0 Å². The van der Waals surface area contributed by atoms with Crippen molar-refractivity contribution in [2.45, 2.75) is 52.0 Å². The average molecular weight is 265 g/mol. The van der Waals surface area contributed by atoms with Gasteiger partial charge in [-0.2, -0.15) is 0 Å². The average Bonchev–Trinajstić information content (AvgIpc) is 2.88. The Balaban J connectivity index is 1.90. The van der Waals surface area contributed by atoms with Gasteiger partial charge in [-0.1, -0.05) is 20.3 Å². The van der Waals surface area contributed by atoms with Crippen molar-refractivity contribution in [1.29, 1.82) is 0 Å². The lowest BCUT2D eigenvalue weighted by Crippen LogP contribution is -2.39. The van der Waals surface area contributed by atoms with Crippen LogP contribution in [0.25, 0.3) is 0 Å². The Morgan fingerprint density at radius 2 is 2.28 bits per heavy atom. The zero-order valence-corrected chi connectivity index (χ0v) is 12.2. The summed E-state index contributed by atoms with van der Waals surface area (Å²) in [4.78, 5) is 14.5. The summed E-state index contributed by atoms with van der Waals surface area (Å²) in [7, 11) is 0. The van der Waals surface area contributed by atoms with Gasteiger partial charge in [0.15, 0.2) is 5.78 Å². The van der Waals surface area contributed by atoms with Crippen molar-refractivity contribution in [1.82, 2.24) is 5.32 Å². The molecule has 0 aliphatic carbocycles. The minimum atomic E-state index is 0.314. The van der Waals surface area contributed by atoms with E-state index in [0.717, 1.165) is 30.2 Å². The molecule has 1 aromatic rings. The van der Waals surface area contributed by atoms with Gasteiger partial charge in [-0.15, -0.1) is 11.3 Å². The van der Waals surface area contributed by atoms with Crippen LogP contribution in [0, 0.1) is 5.92 Å². The standard InChI is InChI=1S/C15H23NOS/c1-3-11-7-8-16-12(9-11)10-14(17)15-6-5-13(4-2)18-15/h5-6,11-12,16H,3-4,7-10H2,1-2H3. The number of ketones is 1. The Labute approximate surface area is 114 Å². The Bertz CT molecular complexity index is 399. The van der Waals surface area contributed by atoms with Gasteiger partial charge in [0.2, 0.25) is 0 Å². The van der Waals surface area contributed by atoms with Crippen LogP contribution in [0.1, 0.15) is 54.1 Å². The summed E-state index contributed by atoms with van der Waals surface area (Å²) in [5.74, 6) is 1.12. The molecule has 0 spiro atoms. The number of nitrogens with one attached hydrogen (secondary N) is 1. The number of carbonyl (C=O) groups is 1. The van der Waals surface area contributed by atoms with Gasteiger partial charge in [0.05, 0.1) is 4.88 Å². The topological polar surface area (TPSA) is 29.1 Å². The largest absolute Gasteiger partial charge is 0.314 e. The first-order valence-electron chi connectivity index (χ1n) is 7.08. The van der Waals surface area contributed by atoms with Crippen LogP contribution in [0.15, 0.2) is 12.1 Å². The molecule has 1 N–H and O–H groups in total. The Morgan fingerprint density at radius 1 is 1.44 bits per heavy atom. The lowest BCUT2D eigenvalue weighted by atomic mass is 9.88. The Hall–Kier alpha value is -0.670. The molecule has 0 bridgehead atoms. The highest BCUT2D eigenvalue weighted by Crippen LogP contribution is 2.24. The number of hydrogen-bond donors (Lipinski definition) is 1. The molecule has 0 saturated carbocycles. The van der Waals surface area contributed by atoms with E-state index >= 15 is 0 Å². The summed E-state index contributed by atoms with van der Waals surface area (Å²) in [6, 6.07) is 4.47. The number of hydrogen-bond acceptors (Lipinski definition) is 3. The van der Waals surface area contributed by atoms with E-state index in [0.29, 0.717) is 18.2 Å². The van der Waals surface area contributed by atoms with Crippen molar-refractivity contribution in [3.05, 3.63) is 21.9 Å². The highest BCUT2D eigenvalue weighted by Gasteiger charge is 2.23. The minimum absolute atomic E-state index is 0.314. The summed E-state index contributed by atoms with van der Waals surface area (Å²) < 4.78 is 0. The lowest BCUT2D eigenvalue weighted by Gasteiger charge is -2.29. The van der Waals surface area contributed by atoms with Crippen molar-refractivity contribution in [3.63, 3.8) is 0 Å². The lowest BCUT2D eigenvalue weighted by molar-refractivity contribution is 0.0961. The van der Waals surface area contributed by atoms with Gasteiger partial charge in [-0.25, -0.2) is 0 Å². The smallest absolute Gasteiger partial charge is 0.174 e. The van der Waals surface area contributed by atoms with Crippen LogP contribution >= 0.6 is 11.3 Å². The maximum absolute atomic E-state index is 12.2. The van der Waals surface area contributed by atoms with E-state index in [-0.39, 0.29) is 0 Å². The molecule has 1 saturated heterocycles. The van der Waals surface area contributed by atoms with E-state index in [1.165, 1.54) is 17.7 Å². The van der Waals surface area contributed by atoms with Gasteiger partial charge in [0.25, 0.3) is 0 Å². The minimum Gasteiger partial charge on any atom is -0.314 e. The van der Waals surface area contributed by atoms with Gasteiger partial charge >= 0.3 is 0 Å². The van der Waals surface area contributed by atoms with Crippen molar-refractivity contribution in [2.24, 2.45) is 5.92 Å². The molecule has 0 amide bonds. The molecule has 100 valence electrons. The van der Waals surface area contributed by atoms with Crippen LogP contribution in [-0.4, -0.2) is 18.4 Å². The van der Waals surface area contributed by atoms with E-state index in [4.69, 9.17) is 0 Å². The summed E-state index contributed by atoms with van der Waals surface area (Å²) in [5, 5.41) is 3.49. The molecule has 2 unspecified atom stereocenters. The zero-order valence-electron chi connectivity index (χ0n) is 11.4. The highest BCUT2D eigenvalue weighted by molar-refractivity contribution is 7.14. The van der Waals surface area contributed by atoms with Crippen LogP contribution < -0.4 is 5.32 Å². The first-order valence-corrected chi connectivity index (χ1v) is 7.89. The molecular formula is C15H23NOS. The molecule has 2 rings (SSSR count). The van der Waals surface area contributed by atoms with Crippen molar-refractivity contribution < 1.29 is 4.79 Å². The summed E-state index contributed by atoms with van der Waals surface area (Å²) >= 11 is 1.66. The molecule has 2 heterocycles. The van der Waals surface area contributed by atoms with E-state index < -0.39 is 0 Å². The maximum atomic E-state index is 12.2. The fourth-order valence-electron chi connectivity index (χ4n) is 2.66. The number of Topliss-reactive ketones (excluding diaryl/α,β-unsaturated/α-hetero) is 1. The SMILES string of the molecule is CCc1ccc(C(=O)CC2CC(CC)CCN2)s1. The van der Waals surface area contributed by atoms with E-state index in [9.17, 15) is 4.79 Å². The monoisotopic (exact) mass is 265 g/mol. The third-order valence-corrected chi connectivity index (χ3v) is 5.17. The second kappa shape index (κ2) is 6.48. The van der Waals surface area contributed by atoms with E-state index in [2.05, 4.69) is 25.2 Å². The van der Waals surface area contributed by atoms with Gasteiger partial charge in [-0.05, 0) is 43.9 Å². The second-order valence-corrected chi connectivity index (χ2v) is 6.36. The molecule has 2 atom stereocenters. The van der Waals surface area contributed by atoms with Gasteiger partial charge in [0.1, 0.15) is 0 Å². The van der Waals surface area contributed by atoms with Gasteiger partial charge in [0, 0.05) is 17.3 Å². The Kier molecular flexibility index (Phi) is 4.95. The van der Waals surface area contributed by atoms with E-state index in [1.807, 2.05) is 6.07 Å². The molecule has 1 aromatic heterocycles. The van der Waals surface area contributed by atoms with Crippen LogP contribution in [0.2, 0.25) is 0 Å². The van der Waals surface area contributed by atoms with Crippen molar-refractivity contribution in [3.8, 4) is 0 Å². The molecular weight excluding hydrogens is 242 g/mol. The number of aryl methyl sites for hydroxylation is 1. The molecule has 1 aliphatic rings. The third-order valence-electron chi connectivity index (χ3n) is 3.90. The molecule has 1 aliphatic heterocycles. The fourth-order valence-corrected chi connectivity index (χ4v) is 3.56. The second-order valence-electron chi connectivity index (χ2n) is 5.20. The number of rotatable bonds is 5. The molecule has 3 heteroatoms. The summed E-state index contributed by atoms with van der Waals surface area (Å²) in [5.41, 5.74) is 0.